The Morgan fingerprint density at radius 2 is 1.95 bits per heavy atom. The lowest BCUT2D eigenvalue weighted by Crippen LogP contribution is -2.05. The van der Waals surface area contributed by atoms with Crippen LogP contribution in [0, 0.1) is 17.0 Å². The maximum atomic E-state index is 11.1. The Labute approximate surface area is 109 Å². The number of hydrogen-bond acceptors (Lipinski definition) is 7. The Hall–Kier alpha value is -2.77. The van der Waals surface area contributed by atoms with Crippen LogP contribution < -0.4 is 10.6 Å². The lowest BCUT2D eigenvalue weighted by atomic mass is 10.3. The minimum atomic E-state index is -0.539. The number of nitrogens with one attached hydrogen (secondary N) is 2. The van der Waals surface area contributed by atoms with Crippen LogP contribution >= 0.6 is 0 Å². The van der Waals surface area contributed by atoms with Crippen molar-refractivity contribution in [2.45, 2.75) is 6.92 Å². The van der Waals surface area contributed by atoms with E-state index in [9.17, 15) is 10.1 Å². The van der Waals surface area contributed by atoms with Gasteiger partial charge in [-0.3, -0.25) is 10.1 Å². The molecule has 0 aliphatic carbocycles. The molecule has 2 heterocycles. The molecule has 8 heteroatoms. The van der Waals surface area contributed by atoms with Crippen molar-refractivity contribution < 1.29 is 4.92 Å². The third-order valence-corrected chi connectivity index (χ3v) is 2.40. The summed E-state index contributed by atoms with van der Waals surface area (Å²) >= 11 is 0. The lowest BCUT2D eigenvalue weighted by Gasteiger charge is -2.07. The monoisotopic (exact) mass is 260 g/mol. The van der Waals surface area contributed by atoms with E-state index in [1.165, 1.54) is 6.33 Å². The number of anilines is 3. The summed E-state index contributed by atoms with van der Waals surface area (Å²) < 4.78 is 0. The van der Waals surface area contributed by atoms with Crippen LogP contribution in [0.4, 0.5) is 23.1 Å². The first-order valence-corrected chi connectivity index (χ1v) is 5.48. The molecule has 0 spiro atoms. The molecule has 98 valence electrons. The van der Waals surface area contributed by atoms with Crippen molar-refractivity contribution in [2.75, 3.05) is 17.7 Å². The Kier molecular flexibility index (Phi) is 3.51. The fraction of sp³-hybridized carbons (Fsp3) is 0.182. The van der Waals surface area contributed by atoms with Crippen LogP contribution in [0.2, 0.25) is 0 Å². The predicted octanol–water partition coefficient (Wildman–Crippen LogP) is 1.87. The Morgan fingerprint density at radius 3 is 2.53 bits per heavy atom. The van der Waals surface area contributed by atoms with Gasteiger partial charge in [0.2, 0.25) is 11.6 Å². The fourth-order valence-corrected chi connectivity index (χ4v) is 1.49. The van der Waals surface area contributed by atoms with Crippen LogP contribution in [0.5, 0.6) is 0 Å². The largest absolute Gasteiger partial charge is 0.367 e. The van der Waals surface area contributed by atoms with Gasteiger partial charge in [-0.05, 0) is 18.6 Å². The van der Waals surface area contributed by atoms with E-state index < -0.39 is 4.92 Å². The van der Waals surface area contributed by atoms with Crippen molar-refractivity contribution in [3.8, 4) is 0 Å². The average molecular weight is 260 g/mol. The zero-order valence-corrected chi connectivity index (χ0v) is 10.4. The topological polar surface area (TPSA) is 106 Å². The Balaban J connectivity index is 2.39. The van der Waals surface area contributed by atoms with E-state index in [1.807, 2.05) is 13.0 Å². The molecule has 0 amide bonds. The minimum absolute atomic E-state index is 0.0979. The molecule has 0 fully saturated rings. The molecule has 0 unspecified atom stereocenters. The van der Waals surface area contributed by atoms with E-state index in [1.54, 1.807) is 19.3 Å². The van der Waals surface area contributed by atoms with E-state index in [0.717, 1.165) is 5.56 Å². The van der Waals surface area contributed by atoms with Gasteiger partial charge in [-0.25, -0.2) is 15.0 Å². The van der Waals surface area contributed by atoms with Gasteiger partial charge in [-0.2, -0.15) is 0 Å². The van der Waals surface area contributed by atoms with Gasteiger partial charge >= 0.3 is 5.69 Å². The minimum Gasteiger partial charge on any atom is -0.367 e. The van der Waals surface area contributed by atoms with Crippen molar-refractivity contribution in [2.24, 2.45) is 0 Å². The zero-order valence-electron chi connectivity index (χ0n) is 10.4. The summed E-state index contributed by atoms with van der Waals surface area (Å²) in [6.45, 7) is 1.91. The van der Waals surface area contributed by atoms with Crippen molar-refractivity contribution in [1.82, 2.24) is 15.0 Å². The maximum Gasteiger partial charge on any atom is 0.353 e. The molecule has 0 bridgehead atoms. The molecule has 0 aliphatic heterocycles. The summed E-state index contributed by atoms with van der Waals surface area (Å²) in [4.78, 5) is 22.3. The highest BCUT2D eigenvalue weighted by molar-refractivity contribution is 5.72. The fourth-order valence-electron chi connectivity index (χ4n) is 1.49. The highest BCUT2D eigenvalue weighted by atomic mass is 16.6. The first-order chi connectivity index (χ1) is 9.11. The Bertz CT molecular complexity index is 599. The number of nitrogens with zero attached hydrogens (tertiary/aromatic N) is 4. The molecule has 8 nitrogen and oxygen atoms in total. The molecule has 0 atom stereocenters. The van der Waals surface area contributed by atoms with Gasteiger partial charge in [0.05, 0.1) is 4.92 Å². The van der Waals surface area contributed by atoms with E-state index in [0.29, 0.717) is 5.82 Å². The summed E-state index contributed by atoms with van der Waals surface area (Å²) in [5.74, 6) is 0.727. The van der Waals surface area contributed by atoms with E-state index in [2.05, 4.69) is 25.6 Å². The lowest BCUT2D eigenvalue weighted by molar-refractivity contribution is -0.383. The van der Waals surface area contributed by atoms with Crippen LogP contribution in [-0.4, -0.2) is 26.9 Å². The normalized spacial score (nSPS) is 10.0. The maximum absolute atomic E-state index is 11.1. The molecule has 0 saturated heterocycles. The van der Waals surface area contributed by atoms with Gasteiger partial charge in [0, 0.05) is 13.2 Å². The summed E-state index contributed by atoms with van der Waals surface area (Å²) in [6.07, 6.45) is 2.91. The molecule has 0 aromatic carbocycles. The van der Waals surface area contributed by atoms with E-state index in [4.69, 9.17) is 0 Å². The van der Waals surface area contributed by atoms with Gasteiger partial charge in [-0.1, -0.05) is 6.07 Å². The number of hydrogen-bond donors (Lipinski definition) is 2. The molecule has 19 heavy (non-hydrogen) atoms. The number of pyridine rings is 1. The second kappa shape index (κ2) is 5.25. The Morgan fingerprint density at radius 1 is 1.21 bits per heavy atom. The third-order valence-electron chi connectivity index (χ3n) is 2.40. The molecular weight excluding hydrogens is 248 g/mol. The summed E-state index contributed by atoms with van der Waals surface area (Å²) in [7, 11) is 1.56. The molecule has 2 aromatic heterocycles. The number of rotatable bonds is 4. The molecule has 0 radical (unpaired) electrons. The zero-order chi connectivity index (χ0) is 13.8. The quantitative estimate of drug-likeness (QED) is 0.638. The SMILES string of the molecule is CNc1ncnc(Nc2ccc(C)cn2)c1[N+](=O)[O-]. The second-order valence-corrected chi connectivity index (χ2v) is 3.77. The molecule has 0 saturated carbocycles. The number of nitro groups is 1. The van der Waals surface area contributed by atoms with Crippen LogP contribution in [0.15, 0.2) is 24.7 Å². The smallest absolute Gasteiger partial charge is 0.353 e. The second-order valence-electron chi connectivity index (χ2n) is 3.77. The molecule has 2 N–H and O–H groups in total. The highest BCUT2D eigenvalue weighted by Crippen LogP contribution is 2.30. The van der Waals surface area contributed by atoms with E-state index >= 15 is 0 Å². The van der Waals surface area contributed by atoms with Crippen molar-refractivity contribution >= 4 is 23.1 Å². The predicted molar refractivity (Wildman–Crippen MR) is 70.5 cm³/mol. The van der Waals surface area contributed by atoms with Crippen LogP contribution in [0.1, 0.15) is 5.56 Å². The van der Waals surface area contributed by atoms with Crippen molar-refractivity contribution in [3.05, 3.63) is 40.3 Å². The van der Waals surface area contributed by atoms with Gasteiger partial charge in [-0.15, -0.1) is 0 Å². The molecular formula is C11H12N6O2. The summed E-state index contributed by atoms with van der Waals surface area (Å²) in [5, 5.41) is 16.5. The summed E-state index contributed by atoms with van der Waals surface area (Å²) in [5.41, 5.74) is 0.783. The highest BCUT2D eigenvalue weighted by Gasteiger charge is 2.22. The number of aryl methyl sites for hydroxylation is 1. The molecule has 2 rings (SSSR count). The number of aromatic nitrogens is 3. The molecule has 0 aliphatic rings. The van der Waals surface area contributed by atoms with E-state index in [-0.39, 0.29) is 17.3 Å². The van der Waals surface area contributed by atoms with Crippen molar-refractivity contribution in [3.63, 3.8) is 0 Å². The first kappa shape index (κ1) is 12.7. The third kappa shape index (κ3) is 2.73. The van der Waals surface area contributed by atoms with Crippen molar-refractivity contribution in [1.29, 1.82) is 0 Å². The summed E-state index contributed by atoms with van der Waals surface area (Å²) in [6, 6.07) is 3.57. The van der Waals surface area contributed by atoms with Gasteiger partial charge in [0.25, 0.3) is 0 Å². The standard InChI is InChI=1S/C11H12N6O2/c1-7-3-4-8(13-5-7)16-11-9(17(18)19)10(12-2)14-6-15-11/h3-6H,1-2H3,(H2,12,13,14,15,16). The molecule has 2 aromatic rings. The van der Waals surface area contributed by atoms with Crippen LogP contribution in [0.3, 0.4) is 0 Å². The average Bonchev–Trinajstić information content (AvgIpc) is 2.40. The van der Waals surface area contributed by atoms with Gasteiger partial charge in [0.1, 0.15) is 12.1 Å². The van der Waals surface area contributed by atoms with Gasteiger partial charge < -0.3 is 10.6 Å². The first-order valence-electron chi connectivity index (χ1n) is 5.48. The van der Waals surface area contributed by atoms with Gasteiger partial charge in [0.15, 0.2) is 0 Å². The van der Waals surface area contributed by atoms with Crippen LogP contribution in [0.25, 0.3) is 0 Å². The van der Waals surface area contributed by atoms with Crippen LogP contribution in [-0.2, 0) is 0 Å².